The van der Waals surface area contributed by atoms with Crippen LogP contribution in [0.25, 0.3) is 0 Å². The summed E-state index contributed by atoms with van der Waals surface area (Å²) in [4.78, 5) is 14.8. The van der Waals surface area contributed by atoms with Crippen molar-refractivity contribution in [1.29, 1.82) is 0 Å². The van der Waals surface area contributed by atoms with Gasteiger partial charge in [0.25, 0.3) is 0 Å². The number of rotatable bonds is 3. The molecule has 2 saturated heterocycles. The topological polar surface area (TPSA) is 44.4 Å². The highest BCUT2D eigenvalue weighted by atomic mass is 16.2. The lowest BCUT2D eigenvalue weighted by Crippen LogP contribution is -2.50. The van der Waals surface area contributed by atoms with E-state index >= 15 is 0 Å². The minimum atomic E-state index is 0.0641. The number of carbonyl (C=O) groups is 1. The van der Waals surface area contributed by atoms with E-state index in [0.717, 1.165) is 32.0 Å². The van der Waals surface area contributed by atoms with Crippen molar-refractivity contribution in [1.82, 2.24) is 15.5 Å². The number of likely N-dealkylation sites (tertiary alicyclic amines) is 1. The molecule has 108 valence electrons. The van der Waals surface area contributed by atoms with Crippen molar-refractivity contribution < 1.29 is 4.79 Å². The quantitative estimate of drug-likeness (QED) is 0.807. The Kier molecular flexibility index (Phi) is 4.38. The van der Waals surface area contributed by atoms with Crippen LogP contribution in [0.5, 0.6) is 0 Å². The standard InChI is InChI=1S/C15H27N3O/c19-15(14-7-3-4-9-16-14)17-12-8-10-18(11-12)13-5-1-2-6-13/h12-14,16H,1-11H2,(H,17,19). The first kappa shape index (κ1) is 13.4. The third kappa shape index (κ3) is 3.29. The van der Waals surface area contributed by atoms with Gasteiger partial charge in [0.05, 0.1) is 6.04 Å². The molecule has 0 aromatic heterocycles. The molecule has 4 nitrogen and oxygen atoms in total. The maximum Gasteiger partial charge on any atom is 0.237 e. The van der Waals surface area contributed by atoms with Crippen molar-refractivity contribution in [3.63, 3.8) is 0 Å². The Balaban J connectivity index is 1.44. The molecule has 2 atom stereocenters. The fraction of sp³-hybridized carbons (Fsp3) is 0.933. The Morgan fingerprint density at radius 3 is 2.58 bits per heavy atom. The van der Waals surface area contributed by atoms with Gasteiger partial charge in [-0.2, -0.15) is 0 Å². The SMILES string of the molecule is O=C(NC1CCN(C2CCCC2)C1)C1CCCCN1. The van der Waals surface area contributed by atoms with E-state index in [-0.39, 0.29) is 11.9 Å². The van der Waals surface area contributed by atoms with Crippen molar-refractivity contribution in [2.24, 2.45) is 0 Å². The second-order valence-electron chi connectivity index (χ2n) is 6.43. The van der Waals surface area contributed by atoms with Gasteiger partial charge in [0, 0.05) is 25.2 Å². The molecule has 2 N–H and O–H groups in total. The maximum absolute atomic E-state index is 12.2. The van der Waals surface area contributed by atoms with E-state index in [1.54, 1.807) is 0 Å². The lowest BCUT2D eigenvalue weighted by atomic mass is 10.0. The summed E-state index contributed by atoms with van der Waals surface area (Å²) in [7, 11) is 0. The average molecular weight is 265 g/mol. The number of hydrogen-bond acceptors (Lipinski definition) is 3. The van der Waals surface area contributed by atoms with E-state index in [9.17, 15) is 4.79 Å². The first-order valence-corrected chi connectivity index (χ1v) is 8.11. The molecule has 0 aromatic rings. The molecule has 3 rings (SSSR count). The Labute approximate surface area is 116 Å². The number of carbonyl (C=O) groups excluding carboxylic acids is 1. The lowest BCUT2D eigenvalue weighted by Gasteiger charge is -2.26. The molecule has 2 aliphatic heterocycles. The zero-order chi connectivity index (χ0) is 13.1. The zero-order valence-corrected chi connectivity index (χ0v) is 11.9. The van der Waals surface area contributed by atoms with Gasteiger partial charge in [0.15, 0.2) is 0 Å². The van der Waals surface area contributed by atoms with Crippen LogP contribution in [0.15, 0.2) is 0 Å². The summed E-state index contributed by atoms with van der Waals surface area (Å²) in [5.74, 6) is 0.234. The van der Waals surface area contributed by atoms with E-state index in [0.29, 0.717) is 6.04 Å². The van der Waals surface area contributed by atoms with E-state index < -0.39 is 0 Å². The van der Waals surface area contributed by atoms with Crippen LogP contribution in [-0.4, -0.2) is 48.6 Å². The van der Waals surface area contributed by atoms with Crippen molar-refractivity contribution in [3.05, 3.63) is 0 Å². The van der Waals surface area contributed by atoms with Crippen LogP contribution >= 0.6 is 0 Å². The number of piperidine rings is 1. The van der Waals surface area contributed by atoms with Crippen molar-refractivity contribution in [3.8, 4) is 0 Å². The van der Waals surface area contributed by atoms with Gasteiger partial charge in [-0.25, -0.2) is 0 Å². The van der Waals surface area contributed by atoms with Crippen molar-refractivity contribution >= 4 is 5.91 Å². The molecular formula is C15H27N3O. The monoisotopic (exact) mass is 265 g/mol. The van der Waals surface area contributed by atoms with Crippen LogP contribution < -0.4 is 10.6 Å². The normalized spacial score (nSPS) is 33.7. The Bertz CT molecular complexity index is 309. The van der Waals surface area contributed by atoms with Gasteiger partial charge in [0.2, 0.25) is 5.91 Å². The molecule has 2 heterocycles. The second kappa shape index (κ2) is 6.23. The van der Waals surface area contributed by atoms with Gasteiger partial charge in [-0.15, -0.1) is 0 Å². The van der Waals surface area contributed by atoms with Crippen LogP contribution in [0, 0.1) is 0 Å². The summed E-state index contributed by atoms with van der Waals surface area (Å²) in [6, 6.07) is 1.25. The average Bonchev–Trinajstić information content (AvgIpc) is 3.10. The van der Waals surface area contributed by atoms with Gasteiger partial charge in [-0.05, 0) is 38.6 Å². The summed E-state index contributed by atoms with van der Waals surface area (Å²) < 4.78 is 0. The molecule has 1 saturated carbocycles. The molecule has 0 bridgehead atoms. The fourth-order valence-electron chi connectivity index (χ4n) is 3.88. The first-order chi connectivity index (χ1) is 9.33. The van der Waals surface area contributed by atoms with Crippen molar-refractivity contribution in [2.45, 2.75) is 69.5 Å². The van der Waals surface area contributed by atoms with Crippen molar-refractivity contribution in [2.75, 3.05) is 19.6 Å². The molecular weight excluding hydrogens is 238 g/mol. The van der Waals surface area contributed by atoms with Gasteiger partial charge >= 0.3 is 0 Å². The van der Waals surface area contributed by atoms with Gasteiger partial charge in [-0.3, -0.25) is 9.69 Å². The second-order valence-corrected chi connectivity index (χ2v) is 6.43. The van der Waals surface area contributed by atoms with Crippen LogP contribution in [0.2, 0.25) is 0 Å². The molecule has 1 aliphatic carbocycles. The minimum absolute atomic E-state index is 0.0641. The van der Waals surface area contributed by atoms with E-state index in [1.807, 2.05) is 0 Å². The van der Waals surface area contributed by atoms with Crippen LogP contribution in [-0.2, 0) is 4.79 Å². The number of nitrogens with zero attached hydrogens (tertiary/aromatic N) is 1. The molecule has 4 heteroatoms. The summed E-state index contributed by atoms with van der Waals surface area (Å²) in [6.45, 7) is 3.24. The van der Waals surface area contributed by atoms with Gasteiger partial charge in [0.1, 0.15) is 0 Å². The van der Waals surface area contributed by atoms with E-state index in [2.05, 4.69) is 15.5 Å². The summed E-state index contributed by atoms with van der Waals surface area (Å²) in [6.07, 6.45) is 10.1. The number of nitrogens with one attached hydrogen (secondary N) is 2. The van der Waals surface area contributed by atoms with Crippen LogP contribution in [0.3, 0.4) is 0 Å². The molecule has 0 spiro atoms. The Morgan fingerprint density at radius 2 is 1.84 bits per heavy atom. The van der Waals surface area contributed by atoms with Gasteiger partial charge < -0.3 is 10.6 Å². The Hall–Kier alpha value is -0.610. The predicted molar refractivity (Wildman–Crippen MR) is 76.0 cm³/mol. The third-order valence-corrected chi connectivity index (χ3v) is 5.03. The zero-order valence-electron chi connectivity index (χ0n) is 11.9. The van der Waals surface area contributed by atoms with Crippen LogP contribution in [0.4, 0.5) is 0 Å². The third-order valence-electron chi connectivity index (χ3n) is 5.03. The van der Waals surface area contributed by atoms with Gasteiger partial charge in [-0.1, -0.05) is 19.3 Å². The Morgan fingerprint density at radius 1 is 1.05 bits per heavy atom. The molecule has 3 aliphatic rings. The maximum atomic E-state index is 12.2. The first-order valence-electron chi connectivity index (χ1n) is 8.11. The molecule has 1 amide bonds. The summed E-state index contributed by atoms with van der Waals surface area (Å²) >= 11 is 0. The lowest BCUT2D eigenvalue weighted by molar-refractivity contribution is -0.124. The highest BCUT2D eigenvalue weighted by Crippen LogP contribution is 2.26. The molecule has 0 aromatic carbocycles. The predicted octanol–water partition coefficient (Wildman–Crippen LogP) is 1.26. The number of amides is 1. The smallest absolute Gasteiger partial charge is 0.237 e. The number of hydrogen-bond donors (Lipinski definition) is 2. The molecule has 2 unspecified atom stereocenters. The fourth-order valence-corrected chi connectivity index (χ4v) is 3.88. The molecule has 19 heavy (non-hydrogen) atoms. The minimum Gasteiger partial charge on any atom is -0.351 e. The highest BCUT2D eigenvalue weighted by Gasteiger charge is 2.31. The largest absolute Gasteiger partial charge is 0.351 e. The summed E-state index contributed by atoms with van der Waals surface area (Å²) in [5, 5.41) is 6.59. The van der Waals surface area contributed by atoms with E-state index in [1.165, 1.54) is 45.1 Å². The van der Waals surface area contributed by atoms with E-state index in [4.69, 9.17) is 0 Å². The molecule has 3 fully saturated rings. The molecule has 0 radical (unpaired) electrons. The van der Waals surface area contributed by atoms with Crippen LogP contribution in [0.1, 0.15) is 51.4 Å². The summed E-state index contributed by atoms with van der Waals surface area (Å²) in [5.41, 5.74) is 0. The highest BCUT2D eigenvalue weighted by molar-refractivity contribution is 5.82.